The molecule has 1 heterocycles. The van der Waals surface area contributed by atoms with E-state index in [1.165, 1.54) is 7.11 Å². The van der Waals surface area contributed by atoms with Crippen LogP contribution in [-0.2, 0) is 0 Å². The monoisotopic (exact) mass is 251 g/mol. The molecule has 0 aromatic carbocycles. The number of amides is 1. The van der Waals surface area contributed by atoms with E-state index in [-0.39, 0.29) is 5.91 Å². The van der Waals surface area contributed by atoms with Crippen molar-refractivity contribution < 1.29 is 9.53 Å². The molecular formula is C13H21N3O2. The maximum absolute atomic E-state index is 12.2. The summed E-state index contributed by atoms with van der Waals surface area (Å²) in [6.45, 7) is 1.42. The van der Waals surface area contributed by atoms with Crippen LogP contribution >= 0.6 is 0 Å². The Balaban J connectivity index is 2.57. The number of hydrogen-bond donors (Lipinski definition) is 1. The number of carbonyl (C=O) groups is 1. The largest absolute Gasteiger partial charge is 0.480 e. The summed E-state index contributed by atoms with van der Waals surface area (Å²) in [7, 11) is 3.30. The Labute approximate surface area is 108 Å². The normalized spacial score (nSPS) is 10.2. The number of unbranched alkanes of at least 4 members (excludes halogenated alkanes) is 2. The first-order valence-corrected chi connectivity index (χ1v) is 6.15. The Kier molecular flexibility index (Phi) is 6.14. The number of nitrogens with zero attached hydrogens (tertiary/aromatic N) is 2. The lowest BCUT2D eigenvalue weighted by Gasteiger charge is -2.17. The molecule has 5 heteroatoms. The molecule has 0 spiro atoms. The number of aromatic nitrogens is 1. The van der Waals surface area contributed by atoms with Crippen molar-refractivity contribution in [3.8, 4) is 5.88 Å². The standard InChI is InChI=1S/C13H21N3O2/c1-16(10-5-3-4-8-14)13(17)11-7-6-9-15-12(11)18-2/h6-7,9H,3-5,8,10,14H2,1-2H3. The van der Waals surface area contributed by atoms with Crippen LogP contribution in [0.2, 0.25) is 0 Å². The van der Waals surface area contributed by atoms with E-state index in [2.05, 4.69) is 4.98 Å². The fourth-order valence-corrected chi connectivity index (χ4v) is 1.69. The first-order chi connectivity index (χ1) is 8.70. The lowest BCUT2D eigenvalue weighted by atomic mass is 10.2. The van der Waals surface area contributed by atoms with Crippen molar-refractivity contribution >= 4 is 5.91 Å². The van der Waals surface area contributed by atoms with Crippen molar-refractivity contribution in [1.82, 2.24) is 9.88 Å². The van der Waals surface area contributed by atoms with Gasteiger partial charge in [0.05, 0.1) is 7.11 Å². The molecule has 1 amide bonds. The Morgan fingerprint density at radius 3 is 2.89 bits per heavy atom. The number of carbonyl (C=O) groups excluding carboxylic acids is 1. The van der Waals surface area contributed by atoms with E-state index in [1.54, 1.807) is 30.3 Å². The van der Waals surface area contributed by atoms with Gasteiger partial charge in [0, 0.05) is 19.8 Å². The van der Waals surface area contributed by atoms with Gasteiger partial charge in [0.15, 0.2) is 0 Å². The van der Waals surface area contributed by atoms with Crippen LogP contribution in [0.25, 0.3) is 0 Å². The molecule has 18 heavy (non-hydrogen) atoms. The Morgan fingerprint density at radius 2 is 2.22 bits per heavy atom. The number of ether oxygens (including phenoxy) is 1. The Morgan fingerprint density at radius 1 is 1.44 bits per heavy atom. The summed E-state index contributed by atoms with van der Waals surface area (Å²) in [5.41, 5.74) is 5.93. The van der Waals surface area contributed by atoms with Crippen molar-refractivity contribution in [1.29, 1.82) is 0 Å². The van der Waals surface area contributed by atoms with Gasteiger partial charge in [-0.15, -0.1) is 0 Å². The fraction of sp³-hybridized carbons (Fsp3) is 0.538. The Bertz CT molecular complexity index is 382. The predicted octanol–water partition coefficient (Wildman–Crippen LogP) is 1.29. The molecule has 0 fully saturated rings. The summed E-state index contributed by atoms with van der Waals surface area (Å²) < 4.78 is 5.08. The first kappa shape index (κ1) is 14.4. The van der Waals surface area contributed by atoms with Crippen LogP contribution in [0.15, 0.2) is 18.3 Å². The molecule has 0 aliphatic carbocycles. The number of hydrogen-bond acceptors (Lipinski definition) is 4. The molecule has 0 saturated heterocycles. The smallest absolute Gasteiger partial charge is 0.259 e. The number of pyridine rings is 1. The minimum Gasteiger partial charge on any atom is -0.480 e. The molecule has 5 nitrogen and oxygen atoms in total. The first-order valence-electron chi connectivity index (χ1n) is 6.15. The van der Waals surface area contributed by atoms with Crippen molar-refractivity contribution in [2.45, 2.75) is 19.3 Å². The van der Waals surface area contributed by atoms with Crippen LogP contribution in [0.4, 0.5) is 0 Å². The van der Waals surface area contributed by atoms with Crippen LogP contribution in [0, 0.1) is 0 Å². The van der Waals surface area contributed by atoms with E-state index in [0.29, 0.717) is 18.0 Å². The average molecular weight is 251 g/mol. The molecule has 0 aliphatic rings. The maximum atomic E-state index is 12.2. The zero-order valence-corrected chi connectivity index (χ0v) is 11.1. The van der Waals surface area contributed by atoms with Crippen LogP contribution in [0.1, 0.15) is 29.6 Å². The summed E-state index contributed by atoms with van der Waals surface area (Å²) in [6, 6.07) is 3.46. The van der Waals surface area contributed by atoms with Crippen LogP contribution in [0.3, 0.4) is 0 Å². The molecular weight excluding hydrogens is 230 g/mol. The van der Waals surface area contributed by atoms with E-state index in [1.807, 2.05) is 0 Å². The van der Waals surface area contributed by atoms with Gasteiger partial charge in [-0.25, -0.2) is 4.98 Å². The average Bonchev–Trinajstić information content (AvgIpc) is 2.42. The summed E-state index contributed by atoms with van der Waals surface area (Å²) in [6.07, 6.45) is 4.61. The zero-order chi connectivity index (χ0) is 13.4. The fourth-order valence-electron chi connectivity index (χ4n) is 1.69. The third kappa shape index (κ3) is 4.00. The molecule has 0 unspecified atom stereocenters. The lowest BCUT2D eigenvalue weighted by Crippen LogP contribution is -2.28. The summed E-state index contributed by atoms with van der Waals surface area (Å²) >= 11 is 0. The van der Waals surface area contributed by atoms with Crippen LogP contribution in [-0.4, -0.2) is 43.0 Å². The van der Waals surface area contributed by atoms with Gasteiger partial charge in [0.2, 0.25) is 5.88 Å². The molecule has 0 saturated carbocycles. The predicted molar refractivity (Wildman–Crippen MR) is 70.7 cm³/mol. The highest BCUT2D eigenvalue weighted by atomic mass is 16.5. The molecule has 100 valence electrons. The van der Waals surface area contributed by atoms with Gasteiger partial charge in [-0.2, -0.15) is 0 Å². The minimum absolute atomic E-state index is 0.0623. The van der Waals surface area contributed by atoms with Gasteiger partial charge in [-0.1, -0.05) is 6.42 Å². The topological polar surface area (TPSA) is 68.5 Å². The van der Waals surface area contributed by atoms with Crippen molar-refractivity contribution in [2.24, 2.45) is 5.73 Å². The van der Waals surface area contributed by atoms with Crippen molar-refractivity contribution in [3.63, 3.8) is 0 Å². The third-order valence-corrected chi connectivity index (χ3v) is 2.74. The summed E-state index contributed by atoms with van der Waals surface area (Å²) in [5.74, 6) is 0.309. The SMILES string of the molecule is COc1ncccc1C(=O)N(C)CCCCCN. The van der Waals surface area contributed by atoms with Gasteiger partial charge in [-0.05, 0) is 31.5 Å². The molecule has 2 N–H and O–H groups in total. The minimum atomic E-state index is -0.0623. The lowest BCUT2D eigenvalue weighted by molar-refractivity contribution is 0.0788. The Hall–Kier alpha value is -1.62. The highest BCUT2D eigenvalue weighted by molar-refractivity contribution is 5.96. The van der Waals surface area contributed by atoms with Crippen LogP contribution in [0.5, 0.6) is 5.88 Å². The molecule has 1 rings (SSSR count). The third-order valence-electron chi connectivity index (χ3n) is 2.74. The molecule has 0 bridgehead atoms. The van der Waals surface area contributed by atoms with Gasteiger partial charge < -0.3 is 15.4 Å². The molecule has 1 aromatic rings. The van der Waals surface area contributed by atoms with E-state index < -0.39 is 0 Å². The second-order valence-electron chi connectivity index (χ2n) is 4.14. The number of methoxy groups -OCH3 is 1. The zero-order valence-electron chi connectivity index (χ0n) is 11.1. The van der Waals surface area contributed by atoms with Gasteiger partial charge >= 0.3 is 0 Å². The molecule has 1 aromatic heterocycles. The van der Waals surface area contributed by atoms with E-state index in [4.69, 9.17) is 10.5 Å². The number of rotatable bonds is 7. The summed E-state index contributed by atoms with van der Waals surface area (Å²) in [5, 5.41) is 0. The van der Waals surface area contributed by atoms with E-state index in [9.17, 15) is 4.79 Å². The molecule has 0 atom stereocenters. The van der Waals surface area contributed by atoms with Crippen LogP contribution < -0.4 is 10.5 Å². The van der Waals surface area contributed by atoms with E-state index >= 15 is 0 Å². The van der Waals surface area contributed by atoms with Gasteiger partial charge in [-0.3, -0.25) is 4.79 Å². The number of nitrogens with two attached hydrogens (primary N) is 1. The second-order valence-corrected chi connectivity index (χ2v) is 4.14. The maximum Gasteiger partial charge on any atom is 0.259 e. The van der Waals surface area contributed by atoms with Crippen molar-refractivity contribution in [3.05, 3.63) is 23.9 Å². The highest BCUT2D eigenvalue weighted by Gasteiger charge is 2.16. The van der Waals surface area contributed by atoms with Gasteiger partial charge in [0.1, 0.15) is 5.56 Å². The molecule has 0 radical (unpaired) electrons. The van der Waals surface area contributed by atoms with E-state index in [0.717, 1.165) is 25.8 Å². The quantitative estimate of drug-likeness (QED) is 0.741. The highest BCUT2D eigenvalue weighted by Crippen LogP contribution is 2.15. The summed E-state index contributed by atoms with van der Waals surface area (Å²) in [4.78, 5) is 17.9. The van der Waals surface area contributed by atoms with Crippen molar-refractivity contribution in [2.75, 3.05) is 27.2 Å². The second kappa shape index (κ2) is 7.66. The molecule has 0 aliphatic heterocycles. The van der Waals surface area contributed by atoms with Gasteiger partial charge in [0.25, 0.3) is 5.91 Å².